The van der Waals surface area contributed by atoms with Crippen LogP contribution in [-0.2, 0) is 0 Å². The Balaban J connectivity index is 2.07. The lowest BCUT2D eigenvalue weighted by Gasteiger charge is -2.33. The van der Waals surface area contributed by atoms with E-state index in [1.54, 1.807) is 7.11 Å². The monoisotopic (exact) mass is 208 g/mol. The number of nitrogens with one attached hydrogen (secondary N) is 1. The first-order chi connectivity index (χ1) is 7.20. The number of rotatable bonds is 3. The third kappa shape index (κ3) is 1.95. The van der Waals surface area contributed by atoms with Crippen molar-refractivity contribution in [2.75, 3.05) is 18.2 Å². The molecule has 0 spiro atoms. The smallest absolute Gasteiger partial charge is 0.242 e. The molecule has 0 unspecified atom stereocenters. The van der Waals surface area contributed by atoms with Crippen molar-refractivity contribution in [1.82, 2.24) is 9.97 Å². The van der Waals surface area contributed by atoms with Gasteiger partial charge in [-0.1, -0.05) is 6.92 Å². The standard InChI is InChI=1S/C10H16N4O/c1-6-3-7(4-6)14-9-8(11)10(15-2)13-5-12-9/h5-7H,3-4,11H2,1-2H3,(H,12,13,14). The van der Waals surface area contributed by atoms with Crippen LogP contribution in [0.3, 0.4) is 0 Å². The number of anilines is 2. The highest BCUT2D eigenvalue weighted by Crippen LogP contribution is 2.32. The molecule has 82 valence electrons. The zero-order chi connectivity index (χ0) is 10.8. The topological polar surface area (TPSA) is 73.1 Å². The average molecular weight is 208 g/mol. The molecule has 0 bridgehead atoms. The number of nitrogens with zero attached hydrogens (tertiary/aromatic N) is 2. The van der Waals surface area contributed by atoms with Gasteiger partial charge in [0, 0.05) is 6.04 Å². The predicted molar refractivity (Wildman–Crippen MR) is 58.8 cm³/mol. The van der Waals surface area contributed by atoms with Crippen LogP contribution in [0.1, 0.15) is 19.8 Å². The summed E-state index contributed by atoms with van der Waals surface area (Å²) in [4.78, 5) is 8.03. The Labute approximate surface area is 89.1 Å². The quantitative estimate of drug-likeness (QED) is 0.782. The van der Waals surface area contributed by atoms with E-state index in [2.05, 4.69) is 22.2 Å². The summed E-state index contributed by atoms with van der Waals surface area (Å²) >= 11 is 0. The van der Waals surface area contributed by atoms with Gasteiger partial charge in [0.25, 0.3) is 0 Å². The largest absolute Gasteiger partial charge is 0.479 e. The summed E-state index contributed by atoms with van der Waals surface area (Å²) < 4.78 is 5.02. The van der Waals surface area contributed by atoms with Crippen LogP contribution in [0.2, 0.25) is 0 Å². The van der Waals surface area contributed by atoms with E-state index in [9.17, 15) is 0 Å². The van der Waals surface area contributed by atoms with E-state index in [1.807, 2.05) is 0 Å². The Kier molecular flexibility index (Phi) is 2.62. The molecule has 0 atom stereocenters. The molecule has 5 heteroatoms. The van der Waals surface area contributed by atoms with Crippen LogP contribution < -0.4 is 15.8 Å². The molecule has 0 radical (unpaired) electrons. The summed E-state index contributed by atoms with van der Waals surface area (Å²) in [6.45, 7) is 2.24. The minimum absolute atomic E-state index is 0.430. The van der Waals surface area contributed by atoms with Crippen LogP contribution in [-0.4, -0.2) is 23.1 Å². The van der Waals surface area contributed by atoms with E-state index in [0.29, 0.717) is 23.4 Å². The first kappa shape index (κ1) is 10.0. The van der Waals surface area contributed by atoms with Crippen LogP contribution in [0, 0.1) is 5.92 Å². The molecule has 1 heterocycles. The van der Waals surface area contributed by atoms with Crippen molar-refractivity contribution in [3.8, 4) is 5.88 Å². The van der Waals surface area contributed by atoms with Gasteiger partial charge < -0.3 is 15.8 Å². The second-order valence-corrected chi connectivity index (χ2v) is 4.06. The van der Waals surface area contributed by atoms with Crippen LogP contribution in [0.4, 0.5) is 11.5 Å². The summed E-state index contributed by atoms with van der Waals surface area (Å²) in [5, 5.41) is 3.30. The fraction of sp³-hybridized carbons (Fsp3) is 0.600. The molecule has 1 aromatic rings. The van der Waals surface area contributed by atoms with E-state index in [0.717, 1.165) is 5.92 Å². The normalized spacial score (nSPS) is 24.4. The van der Waals surface area contributed by atoms with Gasteiger partial charge in [-0.15, -0.1) is 0 Å². The van der Waals surface area contributed by atoms with E-state index in [1.165, 1.54) is 19.2 Å². The summed E-state index contributed by atoms with van der Waals surface area (Å²) in [6, 6.07) is 0.488. The molecule has 1 aromatic heterocycles. The maximum absolute atomic E-state index is 5.84. The number of hydrogen-bond donors (Lipinski definition) is 2. The Hall–Kier alpha value is -1.52. The second kappa shape index (κ2) is 3.92. The molecule has 1 saturated carbocycles. The van der Waals surface area contributed by atoms with Gasteiger partial charge in [-0.05, 0) is 18.8 Å². The molecule has 1 aliphatic rings. The Morgan fingerprint density at radius 2 is 2.20 bits per heavy atom. The Morgan fingerprint density at radius 1 is 1.47 bits per heavy atom. The van der Waals surface area contributed by atoms with Crippen molar-refractivity contribution in [3.63, 3.8) is 0 Å². The molecule has 0 aliphatic heterocycles. The summed E-state index contributed by atoms with van der Waals surface area (Å²) in [5.41, 5.74) is 6.33. The first-order valence-electron chi connectivity index (χ1n) is 5.11. The molecule has 1 fully saturated rings. The molecule has 0 amide bonds. The highest BCUT2D eigenvalue weighted by Gasteiger charge is 2.26. The zero-order valence-electron chi connectivity index (χ0n) is 9.03. The third-order valence-electron chi connectivity index (χ3n) is 2.76. The van der Waals surface area contributed by atoms with Crippen LogP contribution in [0.5, 0.6) is 5.88 Å². The van der Waals surface area contributed by atoms with Crippen LogP contribution >= 0.6 is 0 Å². The van der Waals surface area contributed by atoms with Gasteiger partial charge in [0.1, 0.15) is 12.0 Å². The van der Waals surface area contributed by atoms with Gasteiger partial charge in [0.2, 0.25) is 5.88 Å². The lowest BCUT2D eigenvalue weighted by atomic mass is 9.82. The molecular weight excluding hydrogens is 192 g/mol. The molecule has 5 nitrogen and oxygen atoms in total. The van der Waals surface area contributed by atoms with E-state index in [4.69, 9.17) is 10.5 Å². The highest BCUT2D eigenvalue weighted by molar-refractivity contribution is 5.66. The minimum atomic E-state index is 0.430. The number of hydrogen-bond acceptors (Lipinski definition) is 5. The minimum Gasteiger partial charge on any atom is -0.479 e. The van der Waals surface area contributed by atoms with Crippen LogP contribution in [0.15, 0.2) is 6.33 Å². The maximum Gasteiger partial charge on any atom is 0.242 e. The number of methoxy groups -OCH3 is 1. The van der Waals surface area contributed by atoms with Crippen molar-refractivity contribution in [2.45, 2.75) is 25.8 Å². The Morgan fingerprint density at radius 3 is 2.80 bits per heavy atom. The number of nitrogens with two attached hydrogens (primary N) is 1. The molecule has 0 saturated heterocycles. The van der Waals surface area contributed by atoms with Gasteiger partial charge in [-0.3, -0.25) is 0 Å². The van der Waals surface area contributed by atoms with Crippen molar-refractivity contribution in [3.05, 3.63) is 6.33 Å². The van der Waals surface area contributed by atoms with Gasteiger partial charge in [0.05, 0.1) is 7.11 Å². The van der Waals surface area contributed by atoms with Crippen molar-refractivity contribution in [2.24, 2.45) is 5.92 Å². The highest BCUT2D eigenvalue weighted by atomic mass is 16.5. The molecule has 1 aliphatic carbocycles. The lowest BCUT2D eigenvalue weighted by Crippen LogP contribution is -2.34. The molecule has 0 aromatic carbocycles. The summed E-state index contributed by atoms with van der Waals surface area (Å²) in [7, 11) is 1.55. The maximum atomic E-state index is 5.84. The van der Waals surface area contributed by atoms with Crippen molar-refractivity contribution >= 4 is 11.5 Å². The molecule has 15 heavy (non-hydrogen) atoms. The van der Waals surface area contributed by atoms with E-state index >= 15 is 0 Å². The molecule has 3 N–H and O–H groups in total. The van der Waals surface area contributed by atoms with Crippen LogP contribution in [0.25, 0.3) is 0 Å². The summed E-state index contributed by atoms with van der Waals surface area (Å²) in [5.74, 6) is 1.91. The number of aromatic nitrogens is 2. The number of ether oxygens (including phenoxy) is 1. The predicted octanol–water partition coefficient (Wildman–Crippen LogP) is 1.28. The molecular formula is C10H16N4O. The molecule has 2 rings (SSSR count). The SMILES string of the molecule is COc1ncnc(NC2CC(C)C2)c1N. The number of nitrogen functional groups attached to an aromatic ring is 1. The van der Waals surface area contributed by atoms with Gasteiger partial charge >= 0.3 is 0 Å². The van der Waals surface area contributed by atoms with Crippen molar-refractivity contribution < 1.29 is 4.74 Å². The zero-order valence-corrected chi connectivity index (χ0v) is 9.03. The second-order valence-electron chi connectivity index (χ2n) is 4.06. The fourth-order valence-corrected chi connectivity index (χ4v) is 1.87. The average Bonchev–Trinajstić information content (AvgIpc) is 2.18. The van der Waals surface area contributed by atoms with Gasteiger partial charge in [-0.25, -0.2) is 4.98 Å². The van der Waals surface area contributed by atoms with Crippen molar-refractivity contribution in [1.29, 1.82) is 0 Å². The van der Waals surface area contributed by atoms with Gasteiger partial charge in [0.15, 0.2) is 5.82 Å². The van der Waals surface area contributed by atoms with Gasteiger partial charge in [-0.2, -0.15) is 4.98 Å². The summed E-state index contributed by atoms with van der Waals surface area (Å²) in [6.07, 6.45) is 3.80. The lowest BCUT2D eigenvalue weighted by molar-refractivity contribution is 0.308. The Bertz CT molecular complexity index is 349. The first-order valence-corrected chi connectivity index (χ1v) is 5.11. The fourth-order valence-electron chi connectivity index (χ4n) is 1.87. The third-order valence-corrected chi connectivity index (χ3v) is 2.76. The van der Waals surface area contributed by atoms with E-state index in [-0.39, 0.29) is 0 Å². The van der Waals surface area contributed by atoms with E-state index < -0.39 is 0 Å².